The number of hydrogen-bond donors (Lipinski definition) is 3. The van der Waals surface area contributed by atoms with Gasteiger partial charge in [-0.15, -0.1) is 0 Å². The molecule has 6 heteroatoms. The summed E-state index contributed by atoms with van der Waals surface area (Å²) in [5.41, 5.74) is 0. The van der Waals surface area contributed by atoms with E-state index in [0.29, 0.717) is 19.4 Å². The maximum Gasteiger partial charge on any atom is 0.305 e. The number of rotatable bonds is 61. The van der Waals surface area contributed by atoms with Gasteiger partial charge in [-0.3, -0.25) is 9.59 Å². The lowest BCUT2D eigenvalue weighted by Crippen LogP contribution is -2.45. The Kier molecular flexibility index (Phi) is 61.5. The molecular formula is C68H127NO5. The van der Waals surface area contributed by atoms with Gasteiger partial charge in [-0.25, -0.2) is 0 Å². The zero-order valence-corrected chi connectivity index (χ0v) is 49.6. The van der Waals surface area contributed by atoms with E-state index in [4.69, 9.17) is 4.74 Å². The van der Waals surface area contributed by atoms with Gasteiger partial charge in [0.1, 0.15) is 0 Å². The molecule has 0 aromatic carbocycles. The van der Waals surface area contributed by atoms with Crippen LogP contribution in [-0.4, -0.2) is 47.4 Å². The Morgan fingerprint density at radius 1 is 0.378 bits per heavy atom. The standard InChI is InChI=1S/C68H127NO5/c1-3-5-7-9-11-13-15-17-19-21-23-24-25-26-27-28-32-36-40-44-48-52-56-60-66(71)65(64-70)69-67(72)61-57-53-49-45-41-37-33-30-31-35-39-43-47-51-55-59-63-74-68(73)62-58-54-50-46-42-38-34-29-22-20-18-16-14-12-10-8-6-4-2/h14,16,20,22,30,33,56,60,65-66,70-71H,3-13,15,17-19,21,23-29,31-32,34-55,57-59,61-64H2,1-2H3,(H,69,72)/b16-14-,22-20-,33-30-,60-56+. The first-order chi connectivity index (χ1) is 36.5. The number of ether oxygens (including phenoxy) is 1. The fraction of sp³-hybridized carbons (Fsp3) is 0.853. The van der Waals surface area contributed by atoms with Crippen molar-refractivity contribution >= 4 is 11.9 Å². The van der Waals surface area contributed by atoms with Crippen LogP contribution in [0.3, 0.4) is 0 Å². The number of allylic oxidation sites excluding steroid dienone is 7. The highest BCUT2D eigenvalue weighted by atomic mass is 16.5. The number of hydrogen-bond acceptors (Lipinski definition) is 5. The van der Waals surface area contributed by atoms with Crippen LogP contribution >= 0.6 is 0 Å². The molecule has 0 heterocycles. The summed E-state index contributed by atoms with van der Waals surface area (Å²) in [5.74, 6) is -0.0938. The van der Waals surface area contributed by atoms with Crippen LogP contribution in [0.2, 0.25) is 0 Å². The zero-order valence-electron chi connectivity index (χ0n) is 49.6. The molecule has 0 aromatic rings. The second kappa shape index (κ2) is 63.4. The van der Waals surface area contributed by atoms with Crippen molar-refractivity contribution in [2.75, 3.05) is 13.2 Å². The van der Waals surface area contributed by atoms with E-state index in [9.17, 15) is 19.8 Å². The Labute approximate surface area is 461 Å². The van der Waals surface area contributed by atoms with Gasteiger partial charge in [0.15, 0.2) is 0 Å². The summed E-state index contributed by atoms with van der Waals surface area (Å²) < 4.78 is 5.48. The Morgan fingerprint density at radius 2 is 0.676 bits per heavy atom. The summed E-state index contributed by atoms with van der Waals surface area (Å²) in [5, 5.41) is 23.2. The van der Waals surface area contributed by atoms with Crippen molar-refractivity contribution in [3.05, 3.63) is 48.6 Å². The molecule has 1 amide bonds. The van der Waals surface area contributed by atoms with E-state index >= 15 is 0 Å². The fourth-order valence-electron chi connectivity index (χ4n) is 10.0. The van der Waals surface area contributed by atoms with Crippen LogP contribution in [0.1, 0.15) is 348 Å². The van der Waals surface area contributed by atoms with Gasteiger partial charge in [-0.05, 0) is 89.9 Å². The van der Waals surface area contributed by atoms with Gasteiger partial charge in [0.25, 0.3) is 0 Å². The third-order valence-corrected chi connectivity index (χ3v) is 15.1. The lowest BCUT2D eigenvalue weighted by atomic mass is 10.0. The molecule has 0 aromatic heterocycles. The number of carbonyl (C=O) groups is 2. The Morgan fingerprint density at radius 3 is 1.05 bits per heavy atom. The summed E-state index contributed by atoms with van der Waals surface area (Å²) in [7, 11) is 0. The number of carbonyl (C=O) groups excluding carboxylic acids is 2. The maximum absolute atomic E-state index is 12.5. The van der Waals surface area contributed by atoms with Gasteiger partial charge in [-0.2, -0.15) is 0 Å². The van der Waals surface area contributed by atoms with E-state index in [1.54, 1.807) is 6.08 Å². The van der Waals surface area contributed by atoms with Crippen molar-refractivity contribution in [3.8, 4) is 0 Å². The van der Waals surface area contributed by atoms with Crippen LogP contribution in [0.5, 0.6) is 0 Å². The minimum absolute atomic E-state index is 0.0109. The molecule has 0 fully saturated rings. The summed E-state index contributed by atoms with van der Waals surface area (Å²) in [6.07, 6.45) is 81.5. The Hall–Kier alpha value is -2.18. The number of amides is 1. The van der Waals surface area contributed by atoms with E-state index in [-0.39, 0.29) is 18.5 Å². The molecule has 0 radical (unpaired) electrons. The molecule has 0 saturated heterocycles. The lowest BCUT2D eigenvalue weighted by Gasteiger charge is -2.20. The highest BCUT2D eigenvalue weighted by Gasteiger charge is 2.18. The molecule has 6 nitrogen and oxygen atoms in total. The average molecular weight is 1040 g/mol. The quantitative estimate of drug-likeness (QED) is 0.0320. The first-order valence-electron chi connectivity index (χ1n) is 32.9. The predicted molar refractivity (Wildman–Crippen MR) is 324 cm³/mol. The summed E-state index contributed by atoms with van der Waals surface area (Å²) >= 11 is 0. The Balaban J connectivity index is 3.49. The van der Waals surface area contributed by atoms with Crippen LogP contribution < -0.4 is 5.32 Å². The molecule has 2 unspecified atom stereocenters. The molecule has 0 rings (SSSR count). The van der Waals surface area contributed by atoms with Crippen LogP contribution in [0.15, 0.2) is 48.6 Å². The molecular weight excluding hydrogens is 911 g/mol. The van der Waals surface area contributed by atoms with Crippen LogP contribution in [0.4, 0.5) is 0 Å². The van der Waals surface area contributed by atoms with Crippen molar-refractivity contribution in [3.63, 3.8) is 0 Å². The molecule has 0 bridgehead atoms. The van der Waals surface area contributed by atoms with Crippen LogP contribution in [-0.2, 0) is 14.3 Å². The number of esters is 1. The first-order valence-corrected chi connectivity index (χ1v) is 32.9. The third kappa shape index (κ3) is 59.1. The zero-order chi connectivity index (χ0) is 53.6. The van der Waals surface area contributed by atoms with Gasteiger partial charge in [-0.1, -0.05) is 294 Å². The van der Waals surface area contributed by atoms with Crippen molar-refractivity contribution in [1.82, 2.24) is 5.32 Å². The molecule has 0 aliphatic heterocycles. The second-order valence-corrected chi connectivity index (χ2v) is 22.4. The normalized spacial score (nSPS) is 12.9. The van der Waals surface area contributed by atoms with Crippen molar-refractivity contribution < 1.29 is 24.5 Å². The monoisotopic (exact) mass is 1040 g/mol. The van der Waals surface area contributed by atoms with E-state index < -0.39 is 12.1 Å². The fourth-order valence-corrected chi connectivity index (χ4v) is 10.0. The summed E-state index contributed by atoms with van der Waals surface area (Å²) in [4.78, 5) is 24.6. The largest absolute Gasteiger partial charge is 0.466 e. The van der Waals surface area contributed by atoms with Gasteiger partial charge in [0.05, 0.1) is 25.4 Å². The van der Waals surface area contributed by atoms with Crippen molar-refractivity contribution in [1.29, 1.82) is 0 Å². The van der Waals surface area contributed by atoms with Crippen LogP contribution in [0.25, 0.3) is 0 Å². The third-order valence-electron chi connectivity index (χ3n) is 15.1. The van der Waals surface area contributed by atoms with Gasteiger partial charge >= 0.3 is 5.97 Å². The minimum Gasteiger partial charge on any atom is -0.466 e. The number of aliphatic hydroxyl groups excluding tert-OH is 2. The second-order valence-electron chi connectivity index (χ2n) is 22.4. The molecule has 434 valence electrons. The highest BCUT2D eigenvalue weighted by molar-refractivity contribution is 5.76. The molecule has 74 heavy (non-hydrogen) atoms. The highest BCUT2D eigenvalue weighted by Crippen LogP contribution is 2.17. The number of nitrogens with one attached hydrogen (secondary N) is 1. The SMILES string of the molecule is CCCCCC/C=C\C/C=C\CCCCCCCCCC(=O)OCCCCCCCCC/C=C\CCCCCCCC(=O)NC(CO)C(O)/C=C/CCCCCCCCCCCCCCCCCCCCCCC. The minimum atomic E-state index is -0.858. The lowest BCUT2D eigenvalue weighted by molar-refractivity contribution is -0.143. The molecule has 0 spiro atoms. The molecule has 2 atom stereocenters. The predicted octanol–water partition coefficient (Wildman–Crippen LogP) is 20.9. The van der Waals surface area contributed by atoms with E-state index in [1.165, 1.54) is 250 Å². The number of aliphatic hydroxyl groups is 2. The van der Waals surface area contributed by atoms with Crippen molar-refractivity contribution in [2.24, 2.45) is 0 Å². The van der Waals surface area contributed by atoms with Gasteiger partial charge in [0, 0.05) is 12.8 Å². The Bertz CT molecular complexity index is 1240. The smallest absolute Gasteiger partial charge is 0.305 e. The molecule has 0 saturated carbocycles. The summed E-state index contributed by atoms with van der Waals surface area (Å²) in [6, 6.07) is -0.643. The molecule has 3 N–H and O–H groups in total. The van der Waals surface area contributed by atoms with Gasteiger partial charge < -0.3 is 20.3 Å². The maximum atomic E-state index is 12.5. The topological polar surface area (TPSA) is 95.9 Å². The van der Waals surface area contributed by atoms with Gasteiger partial charge in [0.2, 0.25) is 5.91 Å². The van der Waals surface area contributed by atoms with E-state index in [1.807, 2.05) is 6.08 Å². The molecule has 0 aliphatic rings. The van der Waals surface area contributed by atoms with E-state index in [0.717, 1.165) is 70.6 Å². The van der Waals surface area contributed by atoms with Crippen molar-refractivity contribution in [2.45, 2.75) is 360 Å². The van der Waals surface area contributed by atoms with Crippen LogP contribution in [0, 0.1) is 0 Å². The van der Waals surface area contributed by atoms with E-state index in [2.05, 4.69) is 55.6 Å². The average Bonchev–Trinajstić information content (AvgIpc) is 3.40. The molecule has 0 aliphatic carbocycles. The first kappa shape index (κ1) is 71.8. The number of unbranched alkanes of at least 4 members (excludes halogenated alkanes) is 44. The summed E-state index contributed by atoms with van der Waals surface area (Å²) in [6.45, 7) is 4.88.